The van der Waals surface area contributed by atoms with Crippen molar-refractivity contribution in [2.75, 3.05) is 19.8 Å². The Morgan fingerprint density at radius 1 is 1.05 bits per heavy atom. The molecule has 0 spiro atoms. The molecule has 1 aliphatic carbocycles. The Morgan fingerprint density at radius 2 is 1.84 bits per heavy atom. The molecule has 1 aliphatic heterocycles. The summed E-state index contributed by atoms with van der Waals surface area (Å²) in [5.41, 5.74) is 1.35. The first kappa shape index (κ1) is 13.1. The summed E-state index contributed by atoms with van der Waals surface area (Å²) in [6, 6.07) is 10.6. The average molecular weight is 261 g/mol. The molecular weight excluding hydrogens is 238 g/mol. The first-order valence-corrected chi connectivity index (χ1v) is 7.41. The van der Waals surface area contributed by atoms with Gasteiger partial charge in [0.05, 0.1) is 13.2 Å². The van der Waals surface area contributed by atoms with Gasteiger partial charge in [-0.15, -0.1) is 0 Å². The molecule has 2 aliphatic rings. The highest BCUT2D eigenvalue weighted by Gasteiger charge is 2.36. The molecule has 1 N–H and O–H groups in total. The van der Waals surface area contributed by atoms with E-state index in [4.69, 9.17) is 9.47 Å². The Balaban J connectivity index is 1.46. The predicted octanol–water partition coefficient (Wildman–Crippen LogP) is 2.57. The Kier molecular flexibility index (Phi) is 4.49. The van der Waals surface area contributed by atoms with Crippen molar-refractivity contribution in [1.82, 2.24) is 5.32 Å². The normalized spacial score (nSPS) is 28.0. The first-order valence-electron chi connectivity index (χ1n) is 7.41. The van der Waals surface area contributed by atoms with Crippen molar-refractivity contribution in [3.63, 3.8) is 0 Å². The van der Waals surface area contributed by atoms with Crippen LogP contribution in [-0.4, -0.2) is 26.0 Å². The molecule has 1 saturated heterocycles. The maximum absolute atomic E-state index is 5.68. The number of rotatable bonds is 5. The Bertz CT molecular complexity index is 376. The Hall–Kier alpha value is -0.900. The quantitative estimate of drug-likeness (QED) is 0.883. The van der Waals surface area contributed by atoms with Crippen molar-refractivity contribution in [2.24, 2.45) is 11.8 Å². The van der Waals surface area contributed by atoms with Crippen LogP contribution in [0, 0.1) is 11.8 Å². The highest BCUT2D eigenvalue weighted by atomic mass is 16.7. The molecule has 3 nitrogen and oxygen atoms in total. The molecule has 2 fully saturated rings. The van der Waals surface area contributed by atoms with Crippen LogP contribution in [-0.2, 0) is 16.0 Å². The summed E-state index contributed by atoms with van der Waals surface area (Å²) in [6.07, 6.45) is 3.93. The van der Waals surface area contributed by atoms with Gasteiger partial charge >= 0.3 is 0 Å². The van der Waals surface area contributed by atoms with Crippen LogP contribution in [0.1, 0.15) is 24.8 Å². The van der Waals surface area contributed by atoms with E-state index in [1.807, 2.05) is 0 Å². The molecule has 1 heterocycles. The summed E-state index contributed by atoms with van der Waals surface area (Å²) >= 11 is 0. The second kappa shape index (κ2) is 6.51. The largest absolute Gasteiger partial charge is 0.350 e. The van der Waals surface area contributed by atoms with Crippen LogP contribution in [0.5, 0.6) is 0 Å². The number of hydrogen-bond donors (Lipinski definition) is 1. The summed E-state index contributed by atoms with van der Waals surface area (Å²) in [5.74, 6) is 1.29. The van der Waals surface area contributed by atoms with Crippen molar-refractivity contribution in [2.45, 2.75) is 32.1 Å². The van der Waals surface area contributed by atoms with Gasteiger partial charge in [0.2, 0.25) is 0 Å². The fourth-order valence-electron chi connectivity index (χ4n) is 3.30. The fourth-order valence-corrected chi connectivity index (χ4v) is 3.30. The van der Waals surface area contributed by atoms with Gasteiger partial charge in [0.25, 0.3) is 0 Å². The maximum Gasteiger partial charge on any atom is 0.160 e. The maximum atomic E-state index is 5.68. The fraction of sp³-hybridized carbons (Fsp3) is 0.625. The third-order valence-corrected chi connectivity index (χ3v) is 4.29. The topological polar surface area (TPSA) is 30.5 Å². The van der Waals surface area contributed by atoms with E-state index in [9.17, 15) is 0 Å². The average Bonchev–Trinajstić information content (AvgIpc) is 3.10. The second-order valence-electron chi connectivity index (χ2n) is 5.58. The van der Waals surface area contributed by atoms with E-state index in [2.05, 4.69) is 35.6 Å². The predicted molar refractivity (Wildman–Crippen MR) is 74.7 cm³/mol. The number of hydrogen-bond acceptors (Lipinski definition) is 3. The van der Waals surface area contributed by atoms with E-state index in [1.54, 1.807) is 0 Å². The molecule has 2 atom stereocenters. The van der Waals surface area contributed by atoms with Gasteiger partial charge in [-0.2, -0.15) is 0 Å². The zero-order valence-corrected chi connectivity index (χ0v) is 11.4. The highest BCUT2D eigenvalue weighted by molar-refractivity contribution is 5.14. The molecule has 19 heavy (non-hydrogen) atoms. The third-order valence-electron chi connectivity index (χ3n) is 4.29. The molecule has 1 aromatic carbocycles. The molecule has 104 valence electrons. The van der Waals surface area contributed by atoms with Crippen LogP contribution >= 0.6 is 0 Å². The molecule has 3 rings (SSSR count). The van der Waals surface area contributed by atoms with E-state index >= 15 is 0 Å². The Labute approximate surface area is 115 Å². The standard InChI is InChI=1S/C16H23NO2/c1-2-5-13(6-3-1)11-17-12-14-7-4-8-15(14)16-18-9-10-19-16/h1-3,5-6,14-17H,4,7-12H2/t14-,15+/m0/s1. The van der Waals surface area contributed by atoms with E-state index in [0.29, 0.717) is 11.8 Å². The summed E-state index contributed by atoms with van der Waals surface area (Å²) in [5, 5.41) is 3.59. The lowest BCUT2D eigenvalue weighted by Crippen LogP contribution is -2.31. The molecule has 0 unspecified atom stereocenters. The molecule has 1 aromatic rings. The van der Waals surface area contributed by atoms with Crippen molar-refractivity contribution < 1.29 is 9.47 Å². The summed E-state index contributed by atoms with van der Waals surface area (Å²) < 4.78 is 11.4. The lowest BCUT2D eigenvalue weighted by molar-refractivity contribution is -0.0929. The van der Waals surface area contributed by atoms with Crippen molar-refractivity contribution in [1.29, 1.82) is 0 Å². The van der Waals surface area contributed by atoms with Crippen LogP contribution in [0.3, 0.4) is 0 Å². The zero-order valence-electron chi connectivity index (χ0n) is 11.4. The van der Waals surface area contributed by atoms with Gasteiger partial charge in [0.15, 0.2) is 6.29 Å². The molecule has 0 radical (unpaired) electrons. The van der Waals surface area contributed by atoms with Crippen LogP contribution in [0.15, 0.2) is 30.3 Å². The van der Waals surface area contributed by atoms with Crippen molar-refractivity contribution in [3.8, 4) is 0 Å². The number of nitrogens with one attached hydrogen (secondary N) is 1. The minimum absolute atomic E-state index is 0.0611. The van der Waals surface area contributed by atoms with Gasteiger partial charge in [0.1, 0.15) is 0 Å². The van der Waals surface area contributed by atoms with Crippen LogP contribution in [0.25, 0.3) is 0 Å². The van der Waals surface area contributed by atoms with Crippen molar-refractivity contribution >= 4 is 0 Å². The van der Waals surface area contributed by atoms with E-state index in [-0.39, 0.29) is 6.29 Å². The van der Waals surface area contributed by atoms with Gasteiger partial charge in [0, 0.05) is 12.5 Å². The van der Waals surface area contributed by atoms with Gasteiger partial charge in [-0.3, -0.25) is 0 Å². The number of benzene rings is 1. The first-order chi connectivity index (χ1) is 9.43. The second-order valence-corrected chi connectivity index (χ2v) is 5.58. The van der Waals surface area contributed by atoms with E-state index in [0.717, 1.165) is 26.3 Å². The van der Waals surface area contributed by atoms with Gasteiger partial charge in [-0.05, 0) is 30.9 Å². The molecular formula is C16H23NO2. The lowest BCUT2D eigenvalue weighted by atomic mass is 9.95. The van der Waals surface area contributed by atoms with Crippen LogP contribution in [0.2, 0.25) is 0 Å². The minimum Gasteiger partial charge on any atom is -0.350 e. The Morgan fingerprint density at radius 3 is 2.63 bits per heavy atom. The summed E-state index contributed by atoms with van der Waals surface area (Å²) in [6.45, 7) is 3.57. The summed E-state index contributed by atoms with van der Waals surface area (Å²) in [4.78, 5) is 0. The van der Waals surface area contributed by atoms with E-state index < -0.39 is 0 Å². The molecule has 0 amide bonds. The van der Waals surface area contributed by atoms with Crippen LogP contribution < -0.4 is 5.32 Å². The van der Waals surface area contributed by atoms with Crippen molar-refractivity contribution in [3.05, 3.63) is 35.9 Å². The molecule has 0 aromatic heterocycles. The SMILES string of the molecule is c1ccc(CNC[C@@H]2CCC[C@H]2C2OCCO2)cc1. The lowest BCUT2D eigenvalue weighted by Gasteiger charge is -2.24. The van der Waals surface area contributed by atoms with Crippen LogP contribution in [0.4, 0.5) is 0 Å². The van der Waals surface area contributed by atoms with Gasteiger partial charge in [-0.1, -0.05) is 36.8 Å². The van der Waals surface area contributed by atoms with Gasteiger partial charge < -0.3 is 14.8 Å². The molecule has 3 heteroatoms. The zero-order chi connectivity index (χ0) is 12.9. The number of ether oxygens (including phenoxy) is 2. The van der Waals surface area contributed by atoms with Gasteiger partial charge in [-0.25, -0.2) is 0 Å². The highest BCUT2D eigenvalue weighted by Crippen LogP contribution is 2.36. The minimum atomic E-state index is 0.0611. The molecule has 0 bridgehead atoms. The monoisotopic (exact) mass is 261 g/mol. The molecule has 1 saturated carbocycles. The smallest absolute Gasteiger partial charge is 0.160 e. The third kappa shape index (κ3) is 3.35. The summed E-state index contributed by atoms with van der Waals surface area (Å²) in [7, 11) is 0. The van der Waals surface area contributed by atoms with E-state index in [1.165, 1.54) is 24.8 Å².